The van der Waals surface area contributed by atoms with Gasteiger partial charge in [-0.2, -0.15) is 0 Å². The SMILES string of the molecule is Cc1cccc2c1CNCC2(C)C(C)C. The lowest BCUT2D eigenvalue weighted by Crippen LogP contribution is -2.44. The second kappa shape index (κ2) is 3.64. The summed E-state index contributed by atoms with van der Waals surface area (Å²) < 4.78 is 0. The molecule has 0 saturated heterocycles. The van der Waals surface area contributed by atoms with Gasteiger partial charge in [-0.05, 0) is 29.5 Å². The van der Waals surface area contributed by atoms with Crippen LogP contribution < -0.4 is 5.32 Å². The summed E-state index contributed by atoms with van der Waals surface area (Å²) in [5.41, 5.74) is 4.78. The first-order valence-corrected chi connectivity index (χ1v) is 5.85. The van der Waals surface area contributed by atoms with Crippen LogP contribution in [-0.4, -0.2) is 6.54 Å². The third-order valence-corrected chi connectivity index (χ3v) is 4.09. The molecule has 0 saturated carbocycles. The van der Waals surface area contributed by atoms with Crippen molar-refractivity contribution < 1.29 is 0 Å². The van der Waals surface area contributed by atoms with E-state index in [-0.39, 0.29) is 0 Å². The number of aryl methyl sites for hydroxylation is 1. The molecule has 15 heavy (non-hydrogen) atoms. The first-order chi connectivity index (χ1) is 7.05. The summed E-state index contributed by atoms with van der Waals surface area (Å²) >= 11 is 0. The zero-order valence-corrected chi connectivity index (χ0v) is 10.2. The van der Waals surface area contributed by atoms with Crippen molar-refractivity contribution >= 4 is 0 Å². The van der Waals surface area contributed by atoms with E-state index < -0.39 is 0 Å². The second-order valence-corrected chi connectivity index (χ2v) is 5.28. The highest BCUT2D eigenvalue weighted by molar-refractivity contribution is 5.41. The summed E-state index contributed by atoms with van der Waals surface area (Å²) in [5, 5.41) is 3.55. The molecule has 82 valence electrons. The predicted octanol–water partition coefficient (Wildman–Crippen LogP) is 3.01. The Labute approximate surface area is 92.9 Å². The lowest BCUT2D eigenvalue weighted by molar-refractivity contribution is 0.299. The normalized spacial score (nSPS) is 25.4. The Morgan fingerprint density at radius 2 is 2.07 bits per heavy atom. The highest BCUT2D eigenvalue weighted by Gasteiger charge is 2.34. The molecule has 2 rings (SSSR count). The fourth-order valence-electron chi connectivity index (χ4n) is 2.53. The molecule has 0 fully saturated rings. The van der Waals surface area contributed by atoms with E-state index in [4.69, 9.17) is 0 Å². The van der Waals surface area contributed by atoms with Crippen LogP contribution in [0, 0.1) is 12.8 Å². The molecule has 0 amide bonds. The Bertz CT molecular complexity index is 368. The van der Waals surface area contributed by atoms with E-state index >= 15 is 0 Å². The molecule has 1 nitrogen and oxygen atoms in total. The van der Waals surface area contributed by atoms with Gasteiger partial charge in [0.2, 0.25) is 0 Å². The maximum atomic E-state index is 3.55. The highest BCUT2D eigenvalue weighted by atomic mass is 14.9. The van der Waals surface area contributed by atoms with Gasteiger partial charge in [-0.3, -0.25) is 0 Å². The molecule has 0 spiro atoms. The predicted molar refractivity (Wildman–Crippen MR) is 65.1 cm³/mol. The first kappa shape index (κ1) is 10.7. The van der Waals surface area contributed by atoms with Crippen molar-refractivity contribution in [2.75, 3.05) is 6.54 Å². The molecule has 1 aromatic rings. The summed E-state index contributed by atoms with van der Waals surface area (Å²) in [6, 6.07) is 6.72. The Morgan fingerprint density at radius 3 is 2.73 bits per heavy atom. The minimum atomic E-state index is 0.291. The molecular weight excluding hydrogens is 182 g/mol. The van der Waals surface area contributed by atoms with E-state index in [1.807, 2.05) is 0 Å². The maximum Gasteiger partial charge on any atom is 0.0211 e. The Morgan fingerprint density at radius 1 is 1.33 bits per heavy atom. The first-order valence-electron chi connectivity index (χ1n) is 5.85. The molecule has 1 heteroatoms. The molecule has 1 aliphatic heterocycles. The Balaban J connectivity index is 2.56. The van der Waals surface area contributed by atoms with Gasteiger partial charge in [0.1, 0.15) is 0 Å². The van der Waals surface area contributed by atoms with Crippen LogP contribution in [-0.2, 0) is 12.0 Å². The van der Waals surface area contributed by atoms with Crippen molar-refractivity contribution in [3.05, 3.63) is 34.9 Å². The highest BCUT2D eigenvalue weighted by Crippen LogP contribution is 2.37. The van der Waals surface area contributed by atoms with Crippen LogP contribution in [0.3, 0.4) is 0 Å². The molecule has 1 aliphatic rings. The third kappa shape index (κ3) is 1.59. The lowest BCUT2D eigenvalue weighted by atomic mass is 9.69. The third-order valence-electron chi connectivity index (χ3n) is 4.09. The van der Waals surface area contributed by atoms with Crippen LogP contribution in [0.1, 0.15) is 37.5 Å². The number of benzene rings is 1. The van der Waals surface area contributed by atoms with Crippen LogP contribution in [0.4, 0.5) is 0 Å². The summed E-state index contributed by atoms with van der Waals surface area (Å²) in [7, 11) is 0. The molecule has 1 unspecified atom stereocenters. The van der Waals surface area contributed by atoms with Gasteiger partial charge >= 0.3 is 0 Å². The van der Waals surface area contributed by atoms with Gasteiger partial charge in [0.25, 0.3) is 0 Å². The summed E-state index contributed by atoms with van der Waals surface area (Å²) in [6.07, 6.45) is 0. The van der Waals surface area contributed by atoms with Crippen molar-refractivity contribution in [2.24, 2.45) is 5.92 Å². The topological polar surface area (TPSA) is 12.0 Å². The molecule has 1 aromatic carbocycles. The smallest absolute Gasteiger partial charge is 0.0211 e. The van der Waals surface area contributed by atoms with Crippen molar-refractivity contribution in [2.45, 2.75) is 39.7 Å². The van der Waals surface area contributed by atoms with Crippen molar-refractivity contribution in [3.63, 3.8) is 0 Å². The summed E-state index contributed by atoms with van der Waals surface area (Å²) in [5.74, 6) is 0.672. The van der Waals surface area contributed by atoms with Crippen molar-refractivity contribution in [1.82, 2.24) is 5.32 Å². The van der Waals surface area contributed by atoms with Crippen LogP contribution in [0.15, 0.2) is 18.2 Å². The van der Waals surface area contributed by atoms with Gasteiger partial charge in [-0.25, -0.2) is 0 Å². The van der Waals surface area contributed by atoms with E-state index in [0.717, 1.165) is 13.1 Å². The molecule has 1 heterocycles. The molecule has 0 bridgehead atoms. The fraction of sp³-hybridized carbons (Fsp3) is 0.571. The van der Waals surface area contributed by atoms with Crippen LogP contribution in [0.25, 0.3) is 0 Å². The number of hydrogen-bond acceptors (Lipinski definition) is 1. The van der Waals surface area contributed by atoms with Gasteiger partial charge in [0.05, 0.1) is 0 Å². The summed E-state index contributed by atoms with van der Waals surface area (Å²) in [4.78, 5) is 0. The standard InChI is InChI=1S/C14H21N/c1-10(2)14(4)9-15-8-12-11(3)6-5-7-13(12)14/h5-7,10,15H,8-9H2,1-4H3. The van der Waals surface area contributed by atoms with Gasteiger partial charge in [0.15, 0.2) is 0 Å². The maximum absolute atomic E-state index is 3.55. The fourth-order valence-corrected chi connectivity index (χ4v) is 2.53. The summed E-state index contributed by atoms with van der Waals surface area (Å²) in [6.45, 7) is 11.4. The molecular formula is C14H21N. The zero-order valence-electron chi connectivity index (χ0n) is 10.2. The molecule has 0 aromatic heterocycles. The average molecular weight is 203 g/mol. The van der Waals surface area contributed by atoms with Gasteiger partial charge in [-0.1, -0.05) is 39.0 Å². The van der Waals surface area contributed by atoms with Gasteiger partial charge in [-0.15, -0.1) is 0 Å². The van der Waals surface area contributed by atoms with Crippen LogP contribution in [0.2, 0.25) is 0 Å². The quantitative estimate of drug-likeness (QED) is 0.740. The van der Waals surface area contributed by atoms with E-state index in [0.29, 0.717) is 11.3 Å². The molecule has 0 radical (unpaired) electrons. The van der Waals surface area contributed by atoms with Crippen molar-refractivity contribution in [1.29, 1.82) is 0 Å². The van der Waals surface area contributed by atoms with E-state index in [1.165, 1.54) is 11.1 Å². The largest absolute Gasteiger partial charge is 0.312 e. The molecule has 0 aliphatic carbocycles. The van der Waals surface area contributed by atoms with Crippen LogP contribution in [0.5, 0.6) is 0 Å². The monoisotopic (exact) mass is 203 g/mol. The minimum absolute atomic E-state index is 0.291. The zero-order chi connectivity index (χ0) is 11.1. The number of hydrogen-bond donors (Lipinski definition) is 1. The van der Waals surface area contributed by atoms with Gasteiger partial charge in [0, 0.05) is 18.5 Å². The second-order valence-electron chi connectivity index (χ2n) is 5.28. The lowest BCUT2D eigenvalue weighted by Gasteiger charge is -2.40. The van der Waals surface area contributed by atoms with Gasteiger partial charge < -0.3 is 5.32 Å². The minimum Gasteiger partial charge on any atom is -0.312 e. The Kier molecular flexibility index (Phi) is 2.59. The van der Waals surface area contributed by atoms with Crippen molar-refractivity contribution in [3.8, 4) is 0 Å². The molecule has 1 atom stereocenters. The van der Waals surface area contributed by atoms with E-state index in [9.17, 15) is 0 Å². The average Bonchev–Trinajstić information content (AvgIpc) is 2.20. The number of nitrogens with one attached hydrogen (secondary N) is 1. The molecule has 1 N–H and O–H groups in total. The van der Waals surface area contributed by atoms with E-state index in [1.54, 1.807) is 5.56 Å². The van der Waals surface area contributed by atoms with E-state index in [2.05, 4.69) is 51.2 Å². The van der Waals surface area contributed by atoms with Crippen LogP contribution >= 0.6 is 0 Å². The number of fused-ring (bicyclic) bond motifs is 1. The number of rotatable bonds is 1. The Hall–Kier alpha value is -0.820.